The van der Waals surface area contributed by atoms with Crippen molar-refractivity contribution in [2.45, 2.75) is 50.6 Å². The van der Waals surface area contributed by atoms with Crippen LogP contribution in [0.3, 0.4) is 0 Å². The lowest BCUT2D eigenvalue weighted by atomic mass is 9.53. The van der Waals surface area contributed by atoms with Crippen molar-refractivity contribution in [1.82, 2.24) is 10.3 Å². The maximum atomic E-state index is 13.2. The number of carbonyl (C=O) groups excluding carboxylic acids is 1. The predicted molar refractivity (Wildman–Crippen MR) is 135 cm³/mol. The van der Waals surface area contributed by atoms with Crippen LogP contribution >= 0.6 is 11.3 Å². The average Bonchev–Trinajstić information content (AvgIpc) is 3.28. The van der Waals surface area contributed by atoms with Crippen LogP contribution in [-0.2, 0) is 6.54 Å². The molecule has 33 heavy (non-hydrogen) atoms. The first-order valence-corrected chi connectivity index (χ1v) is 13.2. The van der Waals surface area contributed by atoms with Crippen LogP contribution < -0.4 is 16.0 Å². The van der Waals surface area contributed by atoms with Gasteiger partial charge in [-0.1, -0.05) is 36.4 Å². The molecule has 3 N–H and O–H groups in total. The molecule has 4 fully saturated rings. The molecule has 6 heteroatoms. The van der Waals surface area contributed by atoms with E-state index in [2.05, 4.69) is 52.7 Å². The van der Waals surface area contributed by atoms with Crippen LogP contribution in [0.4, 0.5) is 5.13 Å². The number of nitrogens with zero attached hydrogens (tertiary/aromatic N) is 2. The third kappa shape index (κ3) is 4.15. The SMILES string of the molecule is NCCN(Cc1ccc2ccccc2c1)c1nc(C(=O)NC23CC4CC(CC(C4)C2)C3)cs1. The summed E-state index contributed by atoms with van der Waals surface area (Å²) in [7, 11) is 0. The van der Waals surface area contributed by atoms with Gasteiger partial charge in [-0.05, 0) is 78.7 Å². The summed E-state index contributed by atoms with van der Waals surface area (Å²) in [4.78, 5) is 20.2. The Morgan fingerprint density at radius 1 is 1.06 bits per heavy atom. The second kappa shape index (κ2) is 8.41. The number of thiazole rings is 1. The molecule has 0 unspecified atom stereocenters. The van der Waals surface area contributed by atoms with Crippen LogP contribution in [-0.4, -0.2) is 29.5 Å². The minimum absolute atomic E-state index is 0.00199. The molecule has 0 atom stereocenters. The summed E-state index contributed by atoms with van der Waals surface area (Å²) in [6.07, 6.45) is 7.59. The van der Waals surface area contributed by atoms with Gasteiger partial charge in [0.05, 0.1) is 0 Å². The monoisotopic (exact) mass is 460 g/mol. The van der Waals surface area contributed by atoms with Crippen molar-refractivity contribution >= 4 is 33.1 Å². The van der Waals surface area contributed by atoms with E-state index in [1.807, 2.05) is 5.38 Å². The number of aromatic nitrogens is 1. The number of hydrogen-bond acceptors (Lipinski definition) is 5. The minimum Gasteiger partial charge on any atom is -0.345 e. The molecule has 2 aromatic carbocycles. The summed E-state index contributed by atoms with van der Waals surface area (Å²) in [5, 5.41) is 8.71. The number of carbonyl (C=O) groups is 1. The molecule has 1 amide bonds. The Morgan fingerprint density at radius 3 is 2.45 bits per heavy atom. The molecular formula is C27H32N4OS. The number of fused-ring (bicyclic) bond motifs is 1. The molecule has 4 aliphatic carbocycles. The third-order valence-corrected chi connectivity index (χ3v) is 8.90. The number of anilines is 1. The van der Waals surface area contributed by atoms with E-state index in [4.69, 9.17) is 10.7 Å². The van der Waals surface area contributed by atoms with Crippen LogP contribution in [0.1, 0.15) is 54.6 Å². The van der Waals surface area contributed by atoms with Gasteiger partial charge in [0, 0.05) is 30.6 Å². The second-order valence-corrected chi connectivity index (χ2v) is 11.4. The molecule has 172 valence electrons. The lowest BCUT2D eigenvalue weighted by Crippen LogP contribution is -2.59. The van der Waals surface area contributed by atoms with Gasteiger partial charge in [0.1, 0.15) is 5.69 Å². The number of nitrogens with one attached hydrogen (secondary N) is 1. The van der Waals surface area contributed by atoms with E-state index in [0.717, 1.165) is 48.7 Å². The normalized spacial score (nSPS) is 27.7. The van der Waals surface area contributed by atoms with Gasteiger partial charge in [0.15, 0.2) is 5.13 Å². The quantitative estimate of drug-likeness (QED) is 0.523. The number of amides is 1. The molecule has 4 aliphatic rings. The van der Waals surface area contributed by atoms with Crippen LogP contribution in [0.2, 0.25) is 0 Å². The smallest absolute Gasteiger partial charge is 0.271 e. The van der Waals surface area contributed by atoms with Crippen LogP contribution in [0.25, 0.3) is 10.8 Å². The molecule has 7 rings (SSSR count). The molecule has 0 aliphatic heterocycles. The van der Waals surface area contributed by atoms with Gasteiger partial charge in [-0.2, -0.15) is 0 Å². The van der Waals surface area contributed by atoms with Crippen LogP contribution in [0, 0.1) is 17.8 Å². The summed E-state index contributed by atoms with van der Waals surface area (Å²) < 4.78 is 0. The Hall–Kier alpha value is -2.44. The molecule has 5 nitrogen and oxygen atoms in total. The first-order valence-electron chi connectivity index (χ1n) is 12.3. The van der Waals surface area contributed by atoms with E-state index in [1.165, 1.54) is 46.9 Å². The van der Waals surface area contributed by atoms with Crippen molar-refractivity contribution in [3.8, 4) is 0 Å². The highest BCUT2D eigenvalue weighted by atomic mass is 32.1. The van der Waals surface area contributed by atoms with Crippen molar-refractivity contribution in [2.75, 3.05) is 18.0 Å². The maximum absolute atomic E-state index is 13.2. The molecular weight excluding hydrogens is 428 g/mol. The van der Waals surface area contributed by atoms with Gasteiger partial charge in [-0.3, -0.25) is 4.79 Å². The fraction of sp³-hybridized carbons (Fsp3) is 0.481. The number of nitrogens with two attached hydrogens (primary N) is 1. The first-order chi connectivity index (χ1) is 16.1. The Labute approximate surface area is 199 Å². The zero-order valence-corrected chi connectivity index (χ0v) is 19.8. The molecule has 1 heterocycles. The zero-order chi connectivity index (χ0) is 22.4. The van der Waals surface area contributed by atoms with Crippen molar-refractivity contribution < 1.29 is 4.79 Å². The van der Waals surface area contributed by atoms with Crippen molar-refractivity contribution in [3.63, 3.8) is 0 Å². The highest BCUT2D eigenvalue weighted by Crippen LogP contribution is 2.55. The minimum atomic E-state index is -0.00199. The lowest BCUT2D eigenvalue weighted by Gasteiger charge is -2.56. The molecule has 0 radical (unpaired) electrons. The van der Waals surface area contributed by atoms with E-state index >= 15 is 0 Å². The maximum Gasteiger partial charge on any atom is 0.271 e. The van der Waals surface area contributed by atoms with Gasteiger partial charge in [-0.15, -0.1) is 11.3 Å². The molecule has 0 spiro atoms. The van der Waals surface area contributed by atoms with Gasteiger partial charge in [0.2, 0.25) is 0 Å². The zero-order valence-electron chi connectivity index (χ0n) is 19.0. The largest absolute Gasteiger partial charge is 0.345 e. The Kier molecular flexibility index (Phi) is 5.38. The summed E-state index contributed by atoms with van der Waals surface area (Å²) in [5.41, 5.74) is 7.71. The van der Waals surface area contributed by atoms with E-state index in [1.54, 1.807) is 0 Å². The summed E-state index contributed by atoms with van der Waals surface area (Å²) in [6, 6.07) is 15.0. The highest BCUT2D eigenvalue weighted by molar-refractivity contribution is 7.13. The standard InChI is InChI=1S/C27H32N4OS/c28-7-8-31(16-18-5-6-22-3-1-2-4-23(22)12-18)26-29-24(17-33-26)25(32)30-27-13-19-9-20(14-27)11-21(10-19)15-27/h1-6,12,17,19-21H,7-11,13-16,28H2,(H,30,32). The van der Waals surface area contributed by atoms with E-state index < -0.39 is 0 Å². The van der Waals surface area contributed by atoms with E-state index in [9.17, 15) is 4.79 Å². The summed E-state index contributed by atoms with van der Waals surface area (Å²) >= 11 is 1.54. The molecule has 1 aromatic heterocycles. The van der Waals surface area contributed by atoms with Crippen LogP contribution in [0.5, 0.6) is 0 Å². The number of rotatable bonds is 7. The third-order valence-electron chi connectivity index (χ3n) is 8.00. The van der Waals surface area contributed by atoms with Gasteiger partial charge in [-0.25, -0.2) is 4.98 Å². The van der Waals surface area contributed by atoms with Gasteiger partial charge < -0.3 is 16.0 Å². The fourth-order valence-corrected chi connectivity index (χ4v) is 7.87. The van der Waals surface area contributed by atoms with Crippen molar-refractivity contribution in [1.29, 1.82) is 0 Å². The van der Waals surface area contributed by atoms with Crippen molar-refractivity contribution in [3.05, 3.63) is 59.1 Å². The topological polar surface area (TPSA) is 71.2 Å². The van der Waals surface area contributed by atoms with E-state index in [-0.39, 0.29) is 11.4 Å². The summed E-state index contributed by atoms with van der Waals surface area (Å²) in [6.45, 7) is 1.98. The lowest BCUT2D eigenvalue weighted by molar-refractivity contribution is -0.0167. The Balaban J connectivity index is 1.18. The fourth-order valence-electron chi connectivity index (χ4n) is 7.04. The first kappa shape index (κ1) is 21.1. The Bertz CT molecular complexity index is 1140. The number of benzene rings is 2. The van der Waals surface area contributed by atoms with E-state index in [0.29, 0.717) is 18.8 Å². The van der Waals surface area contributed by atoms with Crippen molar-refractivity contribution in [2.24, 2.45) is 23.5 Å². The van der Waals surface area contributed by atoms with Crippen LogP contribution in [0.15, 0.2) is 47.8 Å². The summed E-state index contributed by atoms with van der Waals surface area (Å²) in [5.74, 6) is 2.43. The highest BCUT2D eigenvalue weighted by Gasteiger charge is 2.51. The predicted octanol–water partition coefficient (Wildman–Crippen LogP) is 4.96. The number of hydrogen-bond donors (Lipinski definition) is 2. The Morgan fingerprint density at radius 2 is 1.76 bits per heavy atom. The second-order valence-electron chi connectivity index (χ2n) is 10.6. The molecule has 0 saturated heterocycles. The molecule has 4 bridgehead atoms. The molecule has 3 aromatic rings. The molecule has 4 saturated carbocycles. The average molecular weight is 461 g/mol. The van der Waals surface area contributed by atoms with Gasteiger partial charge >= 0.3 is 0 Å². The van der Waals surface area contributed by atoms with Gasteiger partial charge in [0.25, 0.3) is 5.91 Å².